The van der Waals surface area contributed by atoms with Gasteiger partial charge in [-0.2, -0.15) is 0 Å². The fourth-order valence-corrected chi connectivity index (χ4v) is 1.47. The largest absolute Gasteiger partial charge is 0.505 e. The molecule has 8 N–H and O–H groups in total. The fraction of sp³-hybridized carbons (Fsp3) is 0. The number of aromatic hydroxyl groups is 2. The van der Waals surface area contributed by atoms with Crippen LogP contribution < -0.4 is 11.5 Å². The Bertz CT molecular complexity index is 653. The van der Waals surface area contributed by atoms with Gasteiger partial charge < -0.3 is 31.9 Å². The van der Waals surface area contributed by atoms with E-state index in [1.807, 2.05) is 0 Å². The molecule has 8 heteroatoms. The van der Waals surface area contributed by atoms with E-state index in [0.717, 1.165) is 0 Å². The molecule has 2 aromatic rings. The molecule has 0 aliphatic heterocycles. The normalized spacial score (nSPS) is 9.45. The van der Waals surface area contributed by atoms with Crippen LogP contribution in [0.2, 0.25) is 0 Å². The molecule has 0 aliphatic carbocycles. The molecule has 0 saturated heterocycles. The number of carboxylic acids is 2. The molecule has 116 valence electrons. The third-order valence-corrected chi connectivity index (χ3v) is 2.60. The Labute approximate surface area is 124 Å². The lowest BCUT2D eigenvalue weighted by molar-refractivity contribution is 0.0682. The highest BCUT2D eigenvalue weighted by molar-refractivity contribution is 5.93. The van der Waals surface area contributed by atoms with Crippen LogP contribution in [0, 0.1) is 0 Å². The van der Waals surface area contributed by atoms with E-state index in [1.165, 1.54) is 36.4 Å². The number of nitrogen functional groups attached to an aromatic ring is 2. The van der Waals surface area contributed by atoms with Crippen molar-refractivity contribution in [3.63, 3.8) is 0 Å². The molecule has 2 rings (SSSR count). The molecule has 8 nitrogen and oxygen atoms in total. The van der Waals surface area contributed by atoms with Gasteiger partial charge in [0.05, 0.1) is 11.4 Å². The Morgan fingerprint density at radius 1 is 0.727 bits per heavy atom. The van der Waals surface area contributed by atoms with Crippen molar-refractivity contribution in [3.8, 4) is 11.5 Å². The Kier molecular flexibility index (Phi) is 5.17. The maximum atomic E-state index is 10.4. The number of anilines is 2. The topological polar surface area (TPSA) is 167 Å². The first-order chi connectivity index (χ1) is 10.3. The van der Waals surface area contributed by atoms with Gasteiger partial charge in [0.15, 0.2) is 11.5 Å². The van der Waals surface area contributed by atoms with Crippen molar-refractivity contribution in [1.82, 2.24) is 0 Å². The lowest BCUT2D eigenvalue weighted by Gasteiger charge is -2.00. The van der Waals surface area contributed by atoms with Crippen molar-refractivity contribution in [2.45, 2.75) is 0 Å². The van der Waals surface area contributed by atoms with Crippen LogP contribution in [0.15, 0.2) is 36.4 Å². The highest BCUT2D eigenvalue weighted by Crippen LogP contribution is 2.24. The van der Waals surface area contributed by atoms with Gasteiger partial charge in [0.25, 0.3) is 0 Å². The molecule has 22 heavy (non-hydrogen) atoms. The van der Waals surface area contributed by atoms with Gasteiger partial charge in [0.2, 0.25) is 0 Å². The van der Waals surface area contributed by atoms with Gasteiger partial charge in [-0.15, -0.1) is 0 Å². The minimum absolute atomic E-state index is 0.0740. The lowest BCUT2D eigenvalue weighted by atomic mass is 10.2. The molecule has 0 unspecified atom stereocenters. The summed E-state index contributed by atoms with van der Waals surface area (Å²) in [5.41, 5.74) is 10.3. The van der Waals surface area contributed by atoms with E-state index in [2.05, 4.69) is 0 Å². The van der Waals surface area contributed by atoms with Crippen LogP contribution in [0.5, 0.6) is 11.5 Å². The zero-order valence-electron chi connectivity index (χ0n) is 11.2. The van der Waals surface area contributed by atoms with Gasteiger partial charge in [-0.25, -0.2) is 9.59 Å². The number of carbonyl (C=O) groups is 2. The van der Waals surface area contributed by atoms with E-state index in [1.54, 1.807) is 0 Å². The minimum atomic E-state index is -1.19. The minimum Gasteiger partial charge on any atom is -0.505 e. The number of para-hydroxylation sites is 2. The smallest absolute Gasteiger partial charge is 0.339 e. The number of hydrogen-bond acceptors (Lipinski definition) is 6. The van der Waals surface area contributed by atoms with Crippen LogP contribution in [0.25, 0.3) is 0 Å². The van der Waals surface area contributed by atoms with Crippen molar-refractivity contribution >= 4 is 23.3 Å². The van der Waals surface area contributed by atoms with E-state index in [-0.39, 0.29) is 34.0 Å². The first kappa shape index (κ1) is 16.6. The number of phenols is 2. The van der Waals surface area contributed by atoms with Crippen LogP contribution in [0.4, 0.5) is 11.4 Å². The summed E-state index contributed by atoms with van der Waals surface area (Å²) in [6.07, 6.45) is 0. The van der Waals surface area contributed by atoms with Gasteiger partial charge in [0.1, 0.15) is 11.1 Å². The summed E-state index contributed by atoms with van der Waals surface area (Å²) < 4.78 is 0. The summed E-state index contributed by atoms with van der Waals surface area (Å²) in [5, 5.41) is 35.1. The second-order valence-electron chi connectivity index (χ2n) is 4.10. The number of carboxylic acid groups (broad SMARTS) is 2. The van der Waals surface area contributed by atoms with Crippen LogP contribution in [-0.4, -0.2) is 32.4 Å². The van der Waals surface area contributed by atoms with Gasteiger partial charge >= 0.3 is 11.9 Å². The number of benzene rings is 2. The maximum absolute atomic E-state index is 10.4. The van der Waals surface area contributed by atoms with Crippen LogP contribution >= 0.6 is 0 Å². The first-order valence-corrected chi connectivity index (χ1v) is 5.87. The highest BCUT2D eigenvalue weighted by Gasteiger charge is 2.10. The van der Waals surface area contributed by atoms with Crippen molar-refractivity contribution < 1.29 is 30.0 Å². The summed E-state index contributed by atoms with van der Waals surface area (Å²) >= 11 is 0. The predicted molar refractivity (Wildman–Crippen MR) is 79.0 cm³/mol. The average Bonchev–Trinajstić information content (AvgIpc) is 2.45. The summed E-state index contributed by atoms with van der Waals surface area (Å²) in [6, 6.07) is 8.38. The Balaban J connectivity index is 0.000000220. The SMILES string of the molecule is Nc1cccc(C(=O)O)c1O.Nc1cccc(C(=O)O)c1O. The molecule has 0 fully saturated rings. The van der Waals surface area contributed by atoms with Crippen LogP contribution in [0.1, 0.15) is 20.7 Å². The average molecular weight is 306 g/mol. The van der Waals surface area contributed by atoms with Gasteiger partial charge in [-0.1, -0.05) is 12.1 Å². The molecule has 0 saturated carbocycles. The summed E-state index contributed by atoms with van der Waals surface area (Å²) in [6.45, 7) is 0. The van der Waals surface area contributed by atoms with E-state index >= 15 is 0 Å². The molecular formula is C14H14N2O6. The summed E-state index contributed by atoms with van der Waals surface area (Å²) in [4.78, 5) is 20.7. The van der Waals surface area contributed by atoms with Crippen LogP contribution in [0.3, 0.4) is 0 Å². The Morgan fingerprint density at radius 2 is 1.05 bits per heavy atom. The zero-order valence-corrected chi connectivity index (χ0v) is 11.2. The maximum Gasteiger partial charge on any atom is 0.339 e. The Morgan fingerprint density at radius 3 is 1.27 bits per heavy atom. The van der Waals surface area contributed by atoms with Crippen molar-refractivity contribution in [2.24, 2.45) is 0 Å². The molecule has 0 atom stereocenters. The van der Waals surface area contributed by atoms with Gasteiger partial charge in [-0.3, -0.25) is 0 Å². The number of rotatable bonds is 2. The molecule has 0 aliphatic rings. The highest BCUT2D eigenvalue weighted by atomic mass is 16.4. The first-order valence-electron chi connectivity index (χ1n) is 5.87. The molecule has 0 radical (unpaired) electrons. The third kappa shape index (κ3) is 3.79. The second kappa shape index (κ2) is 6.84. The van der Waals surface area contributed by atoms with Gasteiger partial charge in [-0.05, 0) is 24.3 Å². The van der Waals surface area contributed by atoms with Crippen LogP contribution in [-0.2, 0) is 0 Å². The quantitative estimate of drug-likeness (QED) is 0.357. The monoisotopic (exact) mass is 306 g/mol. The number of aromatic carboxylic acids is 2. The number of hydrogen-bond donors (Lipinski definition) is 6. The predicted octanol–water partition coefficient (Wildman–Crippen LogP) is 1.35. The standard InChI is InChI=1S/2C7H7NO3/c2*8-5-3-1-2-4(6(5)9)7(10)11/h2*1-3,9H,8H2,(H,10,11). The van der Waals surface area contributed by atoms with E-state index in [4.69, 9.17) is 31.9 Å². The molecule has 0 aromatic heterocycles. The lowest BCUT2D eigenvalue weighted by Crippen LogP contribution is -1.98. The molecule has 0 amide bonds. The Hall–Kier alpha value is -3.42. The van der Waals surface area contributed by atoms with E-state index in [9.17, 15) is 9.59 Å². The van der Waals surface area contributed by atoms with Crippen molar-refractivity contribution in [3.05, 3.63) is 47.5 Å². The van der Waals surface area contributed by atoms with Crippen molar-refractivity contribution in [1.29, 1.82) is 0 Å². The molecule has 0 spiro atoms. The number of nitrogens with two attached hydrogens (primary N) is 2. The summed E-state index contributed by atoms with van der Waals surface area (Å²) in [5.74, 6) is -3.12. The van der Waals surface area contributed by atoms with Crippen molar-refractivity contribution in [2.75, 3.05) is 11.5 Å². The molecule has 0 heterocycles. The summed E-state index contributed by atoms with van der Waals surface area (Å²) in [7, 11) is 0. The zero-order chi connectivity index (χ0) is 16.9. The van der Waals surface area contributed by atoms with E-state index in [0.29, 0.717) is 0 Å². The van der Waals surface area contributed by atoms with Gasteiger partial charge in [0, 0.05) is 0 Å². The fourth-order valence-electron chi connectivity index (χ4n) is 1.47. The second-order valence-corrected chi connectivity index (χ2v) is 4.10. The third-order valence-electron chi connectivity index (χ3n) is 2.60. The molecular weight excluding hydrogens is 292 g/mol. The molecule has 0 bridgehead atoms. The van der Waals surface area contributed by atoms with E-state index < -0.39 is 11.9 Å². The molecule has 2 aromatic carbocycles.